The molecule has 3 aromatic rings. The van der Waals surface area contributed by atoms with Gasteiger partial charge in [0.05, 0.1) is 0 Å². The van der Waals surface area contributed by atoms with Crippen molar-refractivity contribution in [1.82, 2.24) is 14.9 Å². The first-order valence-corrected chi connectivity index (χ1v) is 11.0. The highest BCUT2D eigenvalue weighted by molar-refractivity contribution is 7.03. The number of carbonyl (C=O) groups is 2. The van der Waals surface area contributed by atoms with Gasteiger partial charge >= 0.3 is 0 Å². The van der Waals surface area contributed by atoms with Crippen molar-refractivity contribution in [3.8, 4) is 0 Å². The van der Waals surface area contributed by atoms with Crippen molar-refractivity contribution in [1.29, 1.82) is 0 Å². The van der Waals surface area contributed by atoms with Crippen molar-refractivity contribution >= 4 is 29.0 Å². The van der Waals surface area contributed by atoms with Gasteiger partial charge in [0.2, 0.25) is 0 Å². The Kier molecular flexibility index (Phi) is 6.59. The lowest BCUT2D eigenvalue weighted by Crippen LogP contribution is -2.50. The van der Waals surface area contributed by atoms with E-state index >= 15 is 0 Å². The minimum absolute atomic E-state index is 0.182. The van der Waals surface area contributed by atoms with Crippen LogP contribution in [0.25, 0.3) is 0 Å². The van der Waals surface area contributed by atoms with E-state index in [9.17, 15) is 9.59 Å². The molecule has 0 bridgehead atoms. The number of nitrogens with one attached hydrogen (secondary N) is 1. The first-order chi connectivity index (χ1) is 14.6. The van der Waals surface area contributed by atoms with Gasteiger partial charge in [-0.1, -0.05) is 23.5 Å². The molecule has 3 rings (SSSR count). The van der Waals surface area contributed by atoms with Crippen molar-refractivity contribution < 1.29 is 14.0 Å². The lowest BCUT2D eigenvalue weighted by Gasteiger charge is -2.33. The van der Waals surface area contributed by atoms with Gasteiger partial charge in [-0.2, -0.15) is 0 Å². The molecule has 2 heterocycles. The number of rotatable bonds is 7. The maximum absolute atomic E-state index is 13.6. The van der Waals surface area contributed by atoms with E-state index in [0.29, 0.717) is 17.2 Å². The molecule has 0 spiro atoms. The van der Waals surface area contributed by atoms with Crippen molar-refractivity contribution in [2.45, 2.75) is 59.5 Å². The van der Waals surface area contributed by atoms with Crippen LogP contribution in [0.15, 0.2) is 40.1 Å². The number of amides is 2. The standard InChI is InChI=1S/C23H28N4O3S/c1-7-23(5,6)24-21(28)20(19-11-10-16(4)30-19)27(22(29)17-13-31-26-25-17)18-12-14(2)8-9-15(18)3/h8-13,20H,7H2,1-6H3,(H,24,28). The van der Waals surface area contributed by atoms with Crippen LogP contribution in [-0.4, -0.2) is 26.9 Å². The highest BCUT2D eigenvalue weighted by atomic mass is 32.1. The number of hydrogen-bond donors (Lipinski definition) is 1. The summed E-state index contributed by atoms with van der Waals surface area (Å²) in [4.78, 5) is 28.7. The molecule has 1 atom stereocenters. The second-order valence-corrected chi connectivity index (χ2v) is 8.94. The molecule has 8 heteroatoms. The molecule has 0 aliphatic rings. The topological polar surface area (TPSA) is 88.3 Å². The Balaban J connectivity index is 2.20. The monoisotopic (exact) mass is 440 g/mol. The highest BCUT2D eigenvalue weighted by Crippen LogP contribution is 2.34. The van der Waals surface area contributed by atoms with Gasteiger partial charge in [0.15, 0.2) is 11.7 Å². The molecule has 0 saturated carbocycles. The first-order valence-electron chi connectivity index (χ1n) is 10.2. The van der Waals surface area contributed by atoms with Crippen LogP contribution in [0, 0.1) is 20.8 Å². The molecule has 2 aromatic heterocycles. The summed E-state index contributed by atoms with van der Waals surface area (Å²) >= 11 is 1.09. The van der Waals surface area contributed by atoms with Gasteiger partial charge in [-0.3, -0.25) is 14.5 Å². The third-order valence-corrected chi connectivity index (χ3v) is 5.81. The fraction of sp³-hybridized carbons (Fsp3) is 0.391. The van der Waals surface area contributed by atoms with E-state index in [0.717, 1.165) is 29.1 Å². The summed E-state index contributed by atoms with van der Waals surface area (Å²) in [7, 11) is 0. The second-order valence-electron chi connectivity index (χ2n) is 8.33. The predicted octanol–water partition coefficient (Wildman–Crippen LogP) is 4.75. The van der Waals surface area contributed by atoms with Crippen LogP contribution in [0.1, 0.15) is 66.4 Å². The lowest BCUT2D eigenvalue weighted by atomic mass is 10.00. The van der Waals surface area contributed by atoms with Gasteiger partial charge in [0.25, 0.3) is 11.8 Å². The van der Waals surface area contributed by atoms with Gasteiger partial charge in [0, 0.05) is 16.6 Å². The summed E-state index contributed by atoms with van der Waals surface area (Å²) < 4.78 is 9.70. The average Bonchev–Trinajstić information content (AvgIpc) is 3.39. The molecule has 7 nitrogen and oxygen atoms in total. The number of carbonyl (C=O) groups excluding carboxylic acids is 2. The maximum atomic E-state index is 13.6. The molecule has 31 heavy (non-hydrogen) atoms. The summed E-state index contributed by atoms with van der Waals surface area (Å²) in [5.74, 6) is 0.315. The van der Waals surface area contributed by atoms with E-state index < -0.39 is 17.5 Å². The largest absolute Gasteiger partial charge is 0.464 e. The molecule has 1 aromatic carbocycles. The Morgan fingerprint density at radius 3 is 2.52 bits per heavy atom. The SMILES string of the molecule is CCC(C)(C)NC(=O)C(c1ccc(C)o1)N(C(=O)c1csnn1)c1cc(C)ccc1C. The number of nitrogens with zero attached hydrogens (tertiary/aromatic N) is 3. The van der Waals surface area contributed by atoms with Crippen LogP contribution in [0.5, 0.6) is 0 Å². The van der Waals surface area contributed by atoms with Crippen LogP contribution in [0.3, 0.4) is 0 Å². The third kappa shape index (κ3) is 5.02. The lowest BCUT2D eigenvalue weighted by molar-refractivity contribution is -0.124. The second kappa shape index (κ2) is 9.01. The van der Waals surface area contributed by atoms with E-state index in [1.54, 1.807) is 17.5 Å². The molecular weight excluding hydrogens is 412 g/mol. The number of aryl methyl sites for hydroxylation is 3. The Hall–Kier alpha value is -3.00. The van der Waals surface area contributed by atoms with Crippen LogP contribution >= 0.6 is 11.5 Å². The van der Waals surface area contributed by atoms with Crippen molar-refractivity contribution in [2.75, 3.05) is 4.90 Å². The third-order valence-electron chi connectivity index (χ3n) is 5.30. The molecular formula is C23H28N4O3S. The quantitative estimate of drug-likeness (QED) is 0.573. The highest BCUT2D eigenvalue weighted by Gasteiger charge is 2.38. The van der Waals surface area contributed by atoms with Crippen LogP contribution in [0.4, 0.5) is 5.69 Å². The fourth-order valence-corrected chi connectivity index (χ4v) is 3.62. The summed E-state index contributed by atoms with van der Waals surface area (Å²) in [6.07, 6.45) is 0.732. The van der Waals surface area contributed by atoms with Crippen LogP contribution < -0.4 is 10.2 Å². The van der Waals surface area contributed by atoms with E-state index in [1.807, 2.05) is 59.7 Å². The molecule has 0 saturated heterocycles. The predicted molar refractivity (Wildman–Crippen MR) is 121 cm³/mol. The van der Waals surface area contributed by atoms with E-state index in [1.165, 1.54) is 4.90 Å². The molecule has 2 amide bonds. The Morgan fingerprint density at radius 2 is 1.94 bits per heavy atom. The van der Waals surface area contributed by atoms with Gasteiger partial charge in [-0.25, -0.2) is 0 Å². The Morgan fingerprint density at radius 1 is 1.19 bits per heavy atom. The van der Waals surface area contributed by atoms with Crippen LogP contribution in [-0.2, 0) is 4.79 Å². The maximum Gasteiger partial charge on any atom is 0.280 e. The number of aromatic nitrogens is 2. The Labute approximate surface area is 186 Å². The van der Waals surface area contributed by atoms with E-state index in [-0.39, 0.29) is 11.6 Å². The zero-order valence-electron chi connectivity index (χ0n) is 18.7. The minimum Gasteiger partial charge on any atom is -0.464 e. The fourth-order valence-electron chi connectivity index (χ4n) is 3.19. The van der Waals surface area contributed by atoms with Gasteiger partial charge in [-0.05, 0) is 81.9 Å². The normalized spacial score (nSPS) is 12.5. The molecule has 1 N–H and O–H groups in total. The summed E-state index contributed by atoms with van der Waals surface area (Å²) in [6.45, 7) is 11.6. The van der Waals surface area contributed by atoms with Gasteiger partial charge < -0.3 is 9.73 Å². The smallest absolute Gasteiger partial charge is 0.280 e. The number of benzene rings is 1. The summed E-state index contributed by atoms with van der Waals surface area (Å²) in [5, 5.41) is 8.62. The molecule has 0 radical (unpaired) electrons. The van der Waals surface area contributed by atoms with Gasteiger partial charge in [-0.15, -0.1) is 5.10 Å². The average molecular weight is 441 g/mol. The van der Waals surface area contributed by atoms with Crippen molar-refractivity contribution in [2.24, 2.45) is 0 Å². The van der Waals surface area contributed by atoms with Crippen molar-refractivity contribution in [3.05, 3.63) is 64.1 Å². The Bertz CT molecular complexity index is 1070. The van der Waals surface area contributed by atoms with Crippen molar-refractivity contribution in [3.63, 3.8) is 0 Å². The van der Waals surface area contributed by atoms with Gasteiger partial charge in [0.1, 0.15) is 11.5 Å². The zero-order valence-corrected chi connectivity index (χ0v) is 19.5. The summed E-state index contributed by atoms with van der Waals surface area (Å²) in [5.41, 5.74) is 2.19. The van der Waals surface area contributed by atoms with E-state index in [4.69, 9.17) is 4.42 Å². The minimum atomic E-state index is -1.01. The van der Waals surface area contributed by atoms with Crippen LogP contribution in [0.2, 0.25) is 0 Å². The molecule has 0 aliphatic heterocycles. The number of furan rings is 1. The zero-order chi connectivity index (χ0) is 22.8. The number of anilines is 1. The summed E-state index contributed by atoms with van der Waals surface area (Å²) in [6, 6.07) is 8.32. The molecule has 1 unspecified atom stereocenters. The molecule has 0 fully saturated rings. The molecule has 164 valence electrons. The number of hydrogen-bond acceptors (Lipinski definition) is 6. The molecule has 0 aliphatic carbocycles. The first kappa shape index (κ1) is 22.7. The van der Waals surface area contributed by atoms with E-state index in [2.05, 4.69) is 14.9 Å².